The van der Waals surface area contributed by atoms with E-state index in [1.165, 1.54) is 0 Å². The summed E-state index contributed by atoms with van der Waals surface area (Å²) in [6.07, 6.45) is 5.19. The van der Waals surface area contributed by atoms with Gasteiger partial charge in [-0.1, -0.05) is 48.6 Å². The zero-order valence-electron chi connectivity index (χ0n) is 9.44. The van der Waals surface area contributed by atoms with Gasteiger partial charge in [-0.2, -0.15) is 0 Å². The first kappa shape index (κ1) is 12.1. The molecule has 0 saturated carbocycles. The molecule has 0 heterocycles. The van der Waals surface area contributed by atoms with E-state index in [-0.39, 0.29) is 0 Å². The first-order valence-electron chi connectivity index (χ1n) is 5.10. The van der Waals surface area contributed by atoms with Crippen molar-refractivity contribution in [3.63, 3.8) is 0 Å². The molecule has 0 atom stereocenters. The number of benzene rings is 1. The van der Waals surface area contributed by atoms with E-state index in [1.54, 1.807) is 43.3 Å². The molecule has 2 nitrogen and oxygen atoms in total. The van der Waals surface area contributed by atoms with Gasteiger partial charge in [0.15, 0.2) is 0 Å². The second-order valence-electron chi connectivity index (χ2n) is 3.40. The molecule has 0 saturated heterocycles. The number of hydrogen-bond donors (Lipinski definition) is 0. The van der Waals surface area contributed by atoms with Crippen LogP contribution in [0.2, 0.25) is 0 Å². The molecule has 0 bridgehead atoms. The van der Waals surface area contributed by atoms with E-state index >= 15 is 0 Å². The fourth-order valence-corrected chi connectivity index (χ4v) is 1.22. The van der Waals surface area contributed by atoms with Gasteiger partial charge in [0.2, 0.25) is 11.6 Å². The summed E-state index contributed by atoms with van der Waals surface area (Å²) < 4.78 is 0. The Labute approximate surface area is 95.3 Å². The van der Waals surface area contributed by atoms with E-state index in [0.717, 1.165) is 0 Å². The molecular formula is C14H14O2. The Morgan fingerprint density at radius 3 is 2.31 bits per heavy atom. The topological polar surface area (TPSA) is 34.1 Å². The molecule has 82 valence electrons. The Morgan fingerprint density at radius 1 is 1.12 bits per heavy atom. The maximum Gasteiger partial charge on any atom is 0.233 e. The average molecular weight is 214 g/mol. The van der Waals surface area contributed by atoms with Crippen molar-refractivity contribution in [2.45, 2.75) is 13.8 Å². The van der Waals surface area contributed by atoms with Crippen molar-refractivity contribution in [3.8, 4) is 0 Å². The van der Waals surface area contributed by atoms with Crippen LogP contribution in [0.15, 0.2) is 54.1 Å². The van der Waals surface area contributed by atoms with E-state index in [2.05, 4.69) is 0 Å². The molecule has 1 aromatic rings. The van der Waals surface area contributed by atoms with Gasteiger partial charge in [0, 0.05) is 11.1 Å². The summed E-state index contributed by atoms with van der Waals surface area (Å²) in [6, 6.07) is 8.58. The van der Waals surface area contributed by atoms with Crippen molar-refractivity contribution in [2.75, 3.05) is 0 Å². The van der Waals surface area contributed by atoms with Gasteiger partial charge < -0.3 is 0 Å². The maximum absolute atomic E-state index is 11.7. The zero-order valence-corrected chi connectivity index (χ0v) is 9.44. The lowest BCUT2D eigenvalue weighted by Crippen LogP contribution is -2.14. The molecule has 0 aliphatic heterocycles. The lowest BCUT2D eigenvalue weighted by atomic mass is 10.0. The highest BCUT2D eigenvalue weighted by atomic mass is 16.2. The summed E-state index contributed by atoms with van der Waals surface area (Å²) in [7, 11) is 0. The Balaban J connectivity index is 2.88. The molecule has 0 unspecified atom stereocenters. The van der Waals surface area contributed by atoms with Gasteiger partial charge in [0.05, 0.1) is 0 Å². The highest BCUT2D eigenvalue weighted by Crippen LogP contribution is 2.05. The molecule has 0 N–H and O–H groups in total. The van der Waals surface area contributed by atoms with E-state index < -0.39 is 11.6 Å². The third-order valence-electron chi connectivity index (χ3n) is 2.14. The third kappa shape index (κ3) is 3.02. The quantitative estimate of drug-likeness (QED) is 0.334. The molecule has 0 aromatic heterocycles. The van der Waals surface area contributed by atoms with Gasteiger partial charge in [-0.15, -0.1) is 0 Å². The zero-order chi connectivity index (χ0) is 12.0. The maximum atomic E-state index is 11.7. The minimum atomic E-state index is -0.459. The van der Waals surface area contributed by atoms with Crippen molar-refractivity contribution in [2.24, 2.45) is 0 Å². The largest absolute Gasteiger partial charge is 0.285 e. The van der Waals surface area contributed by atoms with Crippen molar-refractivity contribution in [1.29, 1.82) is 0 Å². The van der Waals surface area contributed by atoms with E-state index in [1.807, 2.05) is 19.1 Å². The molecule has 0 fully saturated rings. The number of carbonyl (C=O) groups is 2. The molecule has 1 aromatic carbocycles. The molecule has 0 aliphatic carbocycles. The van der Waals surface area contributed by atoms with Gasteiger partial charge in [-0.25, -0.2) is 0 Å². The van der Waals surface area contributed by atoms with Gasteiger partial charge in [-0.05, 0) is 13.8 Å². The fourth-order valence-electron chi connectivity index (χ4n) is 1.22. The molecule has 2 heteroatoms. The first-order valence-corrected chi connectivity index (χ1v) is 5.10. The van der Waals surface area contributed by atoms with Crippen LogP contribution in [0.5, 0.6) is 0 Å². The van der Waals surface area contributed by atoms with Crippen LogP contribution in [0, 0.1) is 0 Å². The van der Waals surface area contributed by atoms with Crippen LogP contribution in [-0.4, -0.2) is 11.6 Å². The SMILES string of the molecule is C/C=C\C=C(/C)C(=O)C(=O)c1ccccc1. The molecule has 0 amide bonds. The van der Waals surface area contributed by atoms with Crippen molar-refractivity contribution < 1.29 is 9.59 Å². The van der Waals surface area contributed by atoms with Crippen LogP contribution in [0.25, 0.3) is 0 Å². The summed E-state index contributed by atoms with van der Waals surface area (Å²) in [6.45, 7) is 3.50. The van der Waals surface area contributed by atoms with Crippen LogP contribution in [0.4, 0.5) is 0 Å². The highest BCUT2D eigenvalue weighted by Gasteiger charge is 2.16. The number of Topliss-reactive ketones (excluding diaryl/α,β-unsaturated/α-hetero) is 2. The minimum Gasteiger partial charge on any atom is -0.285 e. The Bertz CT molecular complexity index is 439. The molecule has 16 heavy (non-hydrogen) atoms. The van der Waals surface area contributed by atoms with Gasteiger partial charge in [-0.3, -0.25) is 9.59 Å². The number of carbonyl (C=O) groups excluding carboxylic acids is 2. The van der Waals surface area contributed by atoms with Crippen molar-refractivity contribution in [1.82, 2.24) is 0 Å². The monoisotopic (exact) mass is 214 g/mol. The van der Waals surface area contributed by atoms with Crippen LogP contribution < -0.4 is 0 Å². The lowest BCUT2D eigenvalue weighted by molar-refractivity contribution is -0.111. The average Bonchev–Trinajstić information content (AvgIpc) is 2.35. The predicted molar refractivity (Wildman–Crippen MR) is 64.4 cm³/mol. The Kier molecular flexibility index (Phi) is 4.40. The summed E-state index contributed by atoms with van der Waals surface area (Å²) >= 11 is 0. The molecule has 0 radical (unpaired) electrons. The molecular weight excluding hydrogens is 200 g/mol. The summed E-state index contributed by atoms with van der Waals surface area (Å²) in [4.78, 5) is 23.4. The van der Waals surface area contributed by atoms with Crippen molar-refractivity contribution in [3.05, 3.63) is 59.7 Å². The minimum absolute atomic E-state index is 0.431. The number of ketones is 2. The standard InChI is InChI=1S/C14H14O2/c1-3-4-8-11(2)13(15)14(16)12-9-6-5-7-10-12/h3-10H,1-2H3/b4-3-,11-8+. The number of rotatable bonds is 4. The normalized spacial score (nSPS) is 11.8. The van der Waals surface area contributed by atoms with Gasteiger partial charge in [0.25, 0.3) is 0 Å². The first-order chi connectivity index (χ1) is 7.66. The third-order valence-corrected chi connectivity index (χ3v) is 2.14. The summed E-state index contributed by atoms with van der Waals surface area (Å²) in [5, 5.41) is 0. The molecule has 0 spiro atoms. The molecule has 1 rings (SSSR count). The lowest BCUT2D eigenvalue weighted by Gasteiger charge is -1.99. The molecule has 0 aliphatic rings. The number of hydrogen-bond acceptors (Lipinski definition) is 2. The van der Waals surface area contributed by atoms with Crippen LogP contribution >= 0.6 is 0 Å². The van der Waals surface area contributed by atoms with Crippen molar-refractivity contribution >= 4 is 11.6 Å². The smallest absolute Gasteiger partial charge is 0.233 e. The summed E-state index contributed by atoms with van der Waals surface area (Å²) in [5.41, 5.74) is 0.882. The summed E-state index contributed by atoms with van der Waals surface area (Å²) in [5.74, 6) is -0.914. The Hall–Kier alpha value is -1.96. The second kappa shape index (κ2) is 5.81. The fraction of sp³-hybridized carbons (Fsp3) is 0.143. The van der Waals surface area contributed by atoms with Crippen LogP contribution in [0.1, 0.15) is 24.2 Å². The van der Waals surface area contributed by atoms with Gasteiger partial charge >= 0.3 is 0 Å². The van der Waals surface area contributed by atoms with E-state index in [9.17, 15) is 9.59 Å². The Morgan fingerprint density at radius 2 is 1.75 bits per heavy atom. The second-order valence-corrected chi connectivity index (χ2v) is 3.40. The highest BCUT2D eigenvalue weighted by molar-refractivity contribution is 6.49. The van der Waals surface area contributed by atoms with Crippen LogP contribution in [-0.2, 0) is 4.79 Å². The number of allylic oxidation sites excluding steroid dienone is 4. The van der Waals surface area contributed by atoms with Gasteiger partial charge in [0.1, 0.15) is 0 Å². The van der Waals surface area contributed by atoms with E-state index in [4.69, 9.17) is 0 Å². The van der Waals surface area contributed by atoms with Crippen LogP contribution in [0.3, 0.4) is 0 Å². The van der Waals surface area contributed by atoms with E-state index in [0.29, 0.717) is 11.1 Å². The predicted octanol–water partition coefficient (Wildman–Crippen LogP) is 2.96.